The van der Waals surface area contributed by atoms with E-state index in [9.17, 15) is 8.42 Å². The molecule has 0 aliphatic rings. The third-order valence-corrected chi connectivity index (χ3v) is 4.41. The first kappa shape index (κ1) is 12.7. The molecule has 86 valence electrons. The molecule has 0 bridgehead atoms. The van der Waals surface area contributed by atoms with E-state index in [2.05, 4.69) is 0 Å². The lowest BCUT2D eigenvalue weighted by molar-refractivity contribution is 0.393. The Morgan fingerprint density at radius 3 is 2.44 bits per heavy atom. The minimum Gasteiger partial charge on any atom is -0.207 e. The molecular weight excluding hydrogens is 224 g/mol. The van der Waals surface area contributed by atoms with Crippen LogP contribution >= 0.6 is 0 Å². The quantitative estimate of drug-likeness (QED) is 0.800. The summed E-state index contributed by atoms with van der Waals surface area (Å²) in [4.78, 5) is 0.252. The van der Waals surface area contributed by atoms with Gasteiger partial charge < -0.3 is 0 Å². The molecule has 1 aromatic rings. The predicted octanol–water partition coefficient (Wildman–Crippen LogP) is 1.61. The van der Waals surface area contributed by atoms with Crippen molar-refractivity contribution in [3.05, 3.63) is 30.3 Å². The molecule has 0 aliphatic heterocycles. The molecule has 0 radical (unpaired) electrons. The third kappa shape index (κ3) is 2.60. The average molecular weight is 238 g/mol. The molecule has 0 saturated carbocycles. The maximum Gasteiger partial charge on any atom is 0.243 e. The summed E-state index contributed by atoms with van der Waals surface area (Å²) in [6.07, 6.45) is 0.183. The van der Waals surface area contributed by atoms with Crippen molar-refractivity contribution in [3.63, 3.8) is 0 Å². The van der Waals surface area contributed by atoms with Gasteiger partial charge >= 0.3 is 0 Å². The number of nitrogens with zero attached hydrogens (tertiary/aromatic N) is 2. The number of rotatable bonds is 4. The lowest BCUT2D eigenvalue weighted by Gasteiger charge is -2.22. The van der Waals surface area contributed by atoms with Crippen molar-refractivity contribution in [2.45, 2.75) is 24.3 Å². The molecule has 0 spiro atoms. The molecule has 1 unspecified atom stereocenters. The van der Waals surface area contributed by atoms with E-state index in [1.807, 2.05) is 6.07 Å². The van der Waals surface area contributed by atoms with Crippen molar-refractivity contribution in [2.75, 3.05) is 7.05 Å². The van der Waals surface area contributed by atoms with Crippen LogP contribution in [-0.4, -0.2) is 25.8 Å². The Morgan fingerprint density at radius 2 is 1.94 bits per heavy atom. The van der Waals surface area contributed by atoms with Crippen molar-refractivity contribution >= 4 is 10.0 Å². The van der Waals surface area contributed by atoms with Crippen LogP contribution in [-0.2, 0) is 10.0 Å². The summed E-state index contributed by atoms with van der Waals surface area (Å²) in [6, 6.07) is 9.85. The predicted molar refractivity (Wildman–Crippen MR) is 61.1 cm³/mol. The second-order valence-electron chi connectivity index (χ2n) is 3.55. The van der Waals surface area contributed by atoms with Crippen LogP contribution < -0.4 is 0 Å². The van der Waals surface area contributed by atoms with Crippen molar-refractivity contribution in [1.29, 1.82) is 5.26 Å². The maximum atomic E-state index is 12.1. The fraction of sp³-hybridized carbons (Fsp3) is 0.364. The van der Waals surface area contributed by atoms with Crippen LogP contribution in [0, 0.1) is 11.3 Å². The van der Waals surface area contributed by atoms with Crippen LogP contribution in [0.4, 0.5) is 0 Å². The monoisotopic (exact) mass is 238 g/mol. The minimum atomic E-state index is -3.48. The van der Waals surface area contributed by atoms with Crippen LogP contribution in [0.5, 0.6) is 0 Å². The van der Waals surface area contributed by atoms with Gasteiger partial charge in [-0.05, 0) is 19.1 Å². The van der Waals surface area contributed by atoms with Gasteiger partial charge in [-0.1, -0.05) is 18.2 Å². The molecule has 1 aromatic carbocycles. The number of nitriles is 1. The number of benzene rings is 1. The standard InChI is InChI=1S/C11H14N2O2S/c1-10(8-9-12)13(2)16(14,15)11-6-4-3-5-7-11/h3-7,10H,8H2,1-2H3. The maximum absolute atomic E-state index is 12.1. The highest BCUT2D eigenvalue weighted by Crippen LogP contribution is 2.16. The van der Waals surface area contributed by atoms with Crippen molar-refractivity contribution in [2.24, 2.45) is 0 Å². The highest BCUT2D eigenvalue weighted by Gasteiger charge is 2.24. The molecule has 0 amide bonds. The molecule has 4 nitrogen and oxygen atoms in total. The molecular formula is C11H14N2O2S. The largest absolute Gasteiger partial charge is 0.243 e. The molecule has 0 heterocycles. The molecule has 5 heteroatoms. The van der Waals surface area contributed by atoms with Crippen molar-refractivity contribution < 1.29 is 8.42 Å². The van der Waals surface area contributed by atoms with E-state index in [-0.39, 0.29) is 17.4 Å². The summed E-state index contributed by atoms with van der Waals surface area (Å²) in [6.45, 7) is 1.71. The van der Waals surface area contributed by atoms with Crippen LogP contribution in [0.3, 0.4) is 0 Å². The van der Waals surface area contributed by atoms with Crippen LogP contribution in [0.1, 0.15) is 13.3 Å². The molecule has 0 saturated heterocycles. The minimum absolute atomic E-state index is 0.183. The van der Waals surface area contributed by atoms with Crippen LogP contribution in [0.15, 0.2) is 35.2 Å². The average Bonchev–Trinajstić information content (AvgIpc) is 2.29. The van der Waals surface area contributed by atoms with E-state index in [0.29, 0.717) is 0 Å². The summed E-state index contributed by atoms with van der Waals surface area (Å²) in [5.74, 6) is 0. The Morgan fingerprint density at radius 1 is 1.38 bits per heavy atom. The van der Waals surface area contributed by atoms with E-state index in [0.717, 1.165) is 0 Å². The van der Waals surface area contributed by atoms with Crippen molar-refractivity contribution in [1.82, 2.24) is 4.31 Å². The highest BCUT2D eigenvalue weighted by atomic mass is 32.2. The normalized spacial score (nSPS) is 13.4. The van der Waals surface area contributed by atoms with Gasteiger partial charge in [0.25, 0.3) is 0 Å². The van der Waals surface area contributed by atoms with Gasteiger partial charge in [0.05, 0.1) is 17.4 Å². The summed E-state index contributed by atoms with van der Waals surface area (Å²) in [7, 11) is -1.99. The van der Waals surface area contributed by atoms with E-state index in [4.69, 9.17) is 5.26 Å². The van der Waals surface area contributed by atoms with Gasteiger partial charge in [-0.2, -0.15) is 9.57 Å². The van der Waals surface area contributed by atoms with Gasteiger partial charge in [0, 0.05) is 13.1 Å². The molecule has 0 fully saturated rings. The third-order valence-electron chi connectivity index (χ3n) is 2.43. The molecule has 0 aliphatic carbocycles. The first-order chi connectivity index (χ1) is 7.50. The number of hydrogen-bond acceptors (Lipinski definition) is 3. The molecule has 16 heavy (non-hydrogen) atoms. The summed E-state index contributed by atoms with van der Waals surface area (Å²) in [5, 5.41) is 8.55. The molecule has 1 rings (SSSR count). The van der Waals surface area contributed by atoms with Crippen molar-refractivity contribution in [3.8, 4) is 6.07 Å². The lowest BCUT2D eigenvalue weighted by Crippen LogP contribution is -2.34. The number of hydrogen-bond donors (Lipinski definition) is 0. The summed E-state index contributed by atoms with van der Waals surface area (Å²) in [5.41, 5.74) is 0. The van der Waals surface area contributed by atoms with Gasteiger partial charge in [-0.3, -0.25) is 0 Å². The van der Waals surface area contributed by atoms with Gasteiger partial charge in [0.15, 0.2) is 0 Å². The second-order valence-corrected chi connectivity index (χ2v) is 5.54. The lowest BCUT2D eigenvalue weighted by atomic mass is 10.3. The Hall–Kier alpha value is -1.38. The Balaban J connectivity index is 3.00. The Bertz CT molecular complexity index is 476. The Kier molecular flexibility index (Phi) is 4.05. The zero-order chi connectivity index (χ0) is 12.2. The molecule has 0 N–H and O–H groups in total. The molecule has 0 aromatic heterocycles. The zero-order valence-corrected chi connectivity index (χ0v) is 10.1. The first-order valence-corrected chi connectivity index (χ1v) is 6.34. The van der Waals surface area contributed by atoms with Crippen LogP contribution in [0.2, 0.25) is 0 Å². The van der Waals surface area contributed by atoms with Gasteiger partial charge in [0.2, 0.25) is 10.0 Å². The van der Waals surface area contributed by atoms with Crippen LogP contribution in [0.25, 0.3) is 0 Å². The van der Waals surface area contributed by atoms with Gasteiger partial charge in [0.1, 0.15) is 0 Å². The van der Waals surface area contributed by atoms with E-state index in [1.54, 1.807) is 37.3 Å². The second kappa shape index (κ2) is 5.10. The van der Waals surface area contributed by atoms with E-state index < -0.39 is 10.0 Å². The Labute approximate surface area is 96.2 Å². The van der Waals surface area contributed by atoms with Gasteiger partial charge in [-0.25, -0.2) is 8.42 Å². The number of sulfonamides is 1. The zero-order valence-electron chi connectivity index (χ0n) is 9.29. The first-order valence-electron chi connectivity index (χ1n) is 4.90. The fourth-order valence-electron chi connectivity index (χ4n) is 1.26. The summed E-state index contributed by atoms with van der Waals surface area (Å²) >= 11 is 0. The van der Waals surface area contributed by atoms with E-state index in [1.165, 1.54) is 11.4 Å². The summed E-state index contributed by atoms with van der Waals surface area (Å²) < 4.78 is 25.4. The SMILES string of the molecule is CC(CC#N)N(C)S(=O)(=O)c1ccccc1. The van der Waals surface area contributed by atoms with E-state index >= 15 is 0 Å². The molecule has 1 atom stereocenters. The highest BCUT2D eigenvalue weighted by molar-refractivity contribution is 7.89. The van der Waals surface area contributed by atoms with Gasteiger partial charge in [-0.15, -0.1) is 0 Å². The topological polar surface area (TPSA) is 61.2 Å². The smallest absolute Gasteiger partial charge is 0.207 e. The fourth-order valence-corrected chi connectivity index (χ4v) is 2.64.